The zero-order valence-corrected chi connectivity index (χ0v) is 24.7. The zero-order valence-electron chi connectivity index (χ0n) is 24.7. The molecule has 2 bridgehead atoms. The average Bonchev–Trinajstić information content (AvgIpc) is 3.71. The molecule has 4 amide bonds. The fraction of sp³-hybridized carbons (Fsp3) is 0.688. The van der Waals surface area contributed by atoms with Crippen molar-refractivity contribution in [2.45, 2.75) is 84.0 Å². The molecule has 4 rings (SSSR count). The number of nitrogens with zero attached hydrogens (tertiary/aromatic N) is 2. The first-order valence-electron chi connectivity index (χ1n) is 15.7. The maximum absolute atomic E-state index is 12.3. The van der Waals surface area contributed by atoms with Crippen molar-refractivity contribution in [3.05, 3.63) is 24.3 Å². The average molecular weight is 585 g/mol. The number of carbonyl (C=O) groups excluding carboxylic acids is 6. The van der Waals surface area contributed by atoms with Gasteiger partial charge in [0.05, 0.1) is 13.2 Å². The van der Waals surface area contributed by atoms with Crippen molar-refractivity contribution in [1.82, 2.24) is 9.80 Å². The van der Waals surface area contributed by atoms with Gasteiger partial charge in [-0.3, -0.25) is 38.6 Å². The van der Waals surface area contributed by atoms with Crippen LogP contribution >= 0.6 is 0 Å². The summed E-state index contributed by atoms with van der Waals surface area (Å²) in [6, 6.07) is 0. The summed E-state index contributed by atoms with van der Waals surface area (Å²) in [4.78, 5) is 73.2. The first-order chi connectivity index (χ1) is 20.3. The highest BCUT2D eigenvalue weighted by Gasteiger charge is 2.51. The molecular formula is C32H44N2O8. The molecule has 4 aliphatic rings. The molecular weight excluding hydrogens is 540 g/mol. The van der Waals surface area contributed by atoms with E-state index in [1.807, 2.05) is 0 Å². The minimum atomic E-state index is -0.271. The van der Waals surface area contributed by atoms with E-state index in [4.69, 9.17) is 9.47 Å². The standard InChI is InChI=1S/C32H44N2O8/c1-2-24-25(15-18-41-31(39)9-5-3-7-16-33-27(35)11-12-28(33)36)22-19-23(26(24)20-22)21-42-32(40)10-6-4-8-17-34-29(37)13-14-30(34)38/h11-14,22-26H,2-10,15-21H2,1H3. The second kappa shape index (κ2) is 15.3. The molecule has 2 fully saturated rings. The number of hydrogen-bond donors (Lipinski definition) is 0. The van der Waals surface area contributed by atoms with Crippen LogP contribution in [-0.2, 0) is 38.2 Å². The van der Waals surface area contributed by atoms with Gasteiger partial charge < -0.3 is 9.47 Å². The number of hydrogen-bond acceptors (Lipinski definition) is 8. The maximum Gasteiger partial charge on any atom is 0.305 e. The summed E-state index contributed by atoms with van der Waals surface area (Å²) in [5.41, 5.74) is 0. The van der Waals surface area contributed by atoms with Crippen LogP contribution in [0.2, 0.25) is 0 Å². The Hall–Kier alpha value is -3.30. The van der Waals surface area contributed by atoms with Gasteiger partial charge in [-0.25, -0.2) is 0 Å². The SMILES string of the molecule is CCC1C(CCOC(=O)CCCCCN2C(=O)C=CC2=O)C2CC(COC(=O)CCCCCN3C(=O)C=CC3=O)C1C2. The van der Waals surface area contributed by atoms with Gasteiger partial charge in [-0.2, -0.15) is 0 Å². The molecule has 0 radical (unpaired) electrons. The van der Waals surface area contributed by atoms with Crippen molar-refractivity contribution >= 4 is 35.6 Å². The fourth-order valence-electron chi connectivity index (χ4n) is 7.38. The van der Waals surface area contributed by atoms with Gasteiger partial charge >= 0.3 is 11.9 Å². The molecule has 0 aromatic rings. The Morgan fingerprint density at radius 2 is 1.24 bits per heavy atom. The predicted molar refractivity (Wildman–Crippen MR) is 152 cm³/mol. The van der Waals surface area contributed by atoms with Crippen LogP contribution in [0.4, 0.5) is 0 Å². The molecule has 5 atom stereocenters. The normalized spacial score (nSPS) is 26.3. The Morgan fingerprint density at radius 1 is 0.714 bits per heavy atom. The molecule has 0 saturated heterocycles. The molecule has 2 saturated carbocycles. The van der Waals surface area contributed by atoms with E-state index in [0.29, 0.717) is 94.4 Å². The second-order valence-corrected chi connectivity index (χ2v) is 12.0. The predicted octanol–water partition coefficient (Wildman–Crippen LogP) is 3.73. The first-order valence-corrected chi connectivity index (χ1v) is 15.7. The van der Waals surface area contributed by atoms with Crippen LogP contribution < -0.4 is 0 Å². The maximum atomic E-state index is 12.3. The second-order valence-electron chi connectivity index (χ2n) is 12.0. The number of esters is 2. The molecule has 2 heterocycles. The molecule has 0 spiro atoms. The summed E-state index contributed by atoms with van der Waals surface area (Å²) < 4.78 is 11.2. The summed E-state index contributed by atoms with van der Waals surface area (Å²) in [7, 11) is 0. The Kier molecular flexibility index (Phi) is 11.5. The van der Waals surface area contributed by atoms with Crippen LogP contribution in [0, 0.1) is 29.6 Å². The summed E-state index contributed by atoms with van der Waals surface area (Å²) in [5, 5.41) is 0. The molecule has 2 aliphatic heterocycles. The molecule has 10 nitrogen and oxygen atoms in total. The van der Waals surface area contributed by atoms with Crippen molar-refractivity contribution in [1.29, 1.82) is 0 Å². The van der Waals surface area contributed by atoms with Gasteiger partial charge in [0, 0.05) is 50.2 Å². The van der Waals surface area contributed by atoms with E-state index in [-0.39, 0.29) is 35.6 Å². The van der Waals surface area contributed by atoms with Crippen molar-refractivity contribution in [2.24, 2.45) is 29.6 Å². The smallest absolute Gasteiger partial charge is 0.305 e. The first kappa shape index (κ1) is 31.6. The van der Waals surface area contributed by atoms with Gasteiger partial charge in [0.1, 0.15) is 0 Å². The van der Waals surface area contributed by atoms with Crippen molar-refractivity contribution < 1.29 is 38.2 Å². The Labute approximate surface area is 247 Å². The number of imide groups is 2. The van der Waals surface area contributed by atoms with Gasteiger partial charge in [0.15, 0.2) is 0 Å². The van der Waals surface area contributed by atoms with Gasteiger partial charge in [0.2, 0.25) is 0 Å². The summed E-state index contributed by atoms with van der Waals surface area (Å²) >= 11 is 0. The monoisotopic (exact) mass is 584 g/mol. The Morgan fingerprint density at radius 3 is 1.76 bits per heavy atom. The lowest BCUT2D eigenvalue weighted by molar-refractivity contribution is -0.146. The third-order valence-corrected chi connectivity index (χ3v) is 9.46. The quantitative estimate of drug-likeness (QED) is 0.135. The Balaban J connectivity index is 1.04. The minimum Gasteiger partial charge on any atom is -0.466 e. The van der Waals surface area contributed by atoms with Crippen LogP contribution in [-0.4, -0.2) is 71.7 Å². The number of fused-ring (bicyclic) bond motifs is 2. The lowest BCUT2D eigenvalue weighted by Gasteiger charge is -2.35. The minimum absolute atomic E-state index is 0.181. The highest BCUT2D eigenvalue weighted by Crippen LogP contribution is 2.57. The van der Waals surface area contributed by atoms with E-state index in [1.54, 1.807) is 0 Å². The van der Waals surface area contributed by atoms with Gasteiger partial charge in [0.25, 0.3) is 23.6 Å². The van der Waals surface area contributed by atoms with Crippen LogP contribution in [0.3, 0.4) is 0 Å². The lowest BCUT2D eigenvalue weighted by atomic mass is 9.72. The zero-order chi connectivity index (χ0) is 30.1. The summed E-state index contributed by atoms with van der Waals surface area (Å²) in [6.45, 7) is 3.88. The van der Waals surface area contributed by atoms with Crippen LogP contribution in [0.5, 0.6) is 0 Å². The fourth-order valence-corrected chi connectivity index (χ4v) is 7.38. The molecule has 42 heavy (non-hydrogen) atoms. The third kappa shape index (κ3) is 8.16. The number of carbonyl (C=O) groups is 6. The molecule has 230 valence electrons. The third-order valence-electron chi connectivity index (χ3n) is 9.46. The Bertz CT molecular complexity index is 1060. The molecule has 0 N–H and O–H groups in total. The van der Waals surface area contributed by atoms with Gasteiger partial charge in [-0.1, -0.05) is 26.2 Å². The lowest BCUT2D eigenvalue weighted by Crippen LogP contribution is -2.31. The van der Waals surface area contributed by atoms with Crippen LogP contribution in [0.25, 0.3) is 0 Å². The number of rotatable bonds is 18. The summed E-state index contributed by atoms with van der Waals surface area (Å²) in [5.74, 6) is 1.16. The van der Waals surface area contributed by atoms with E-state index in [0.717, 1.165) is 38.5 Å². The van der Waals surface area contributed by atoms with Crippen molar-refractivity contribution in [3.8, 4) is 0 Å². The molecule has 0 aromatic heterocycles. The van der Waals surface area contributed by atoms with E-state index in [1.165, 1.54) is 34.1 Å². The highest BCUT2D eigenvalue weighted by molar-refractivity contribution is 6.13. The molecule has 5 unspecified atom stereocenters. The van der Waals surface area contributed by atoms with Crippen LogP contribution in [0.15, 0.2) is 24.3 Å². The number of unbranched alkanes of at least 4 members (excludes halogenated alkanes) is 4. The topological polar surface area (TPSA) is 127 Å². The van der Waals surface area contributed by atoms with Crippen molar-refractivity contribution in [2.75, 3.05) is 26.3 Å². The van der Waals surface area contributed by atoms with E-state index >= 15 is 0 Å². The number of ether oxygens (including phenoxy) is 2. The molecule has 0 aromatic carbocycles. The van der Waals surface area contributed by atoms with Gasteiger partial charge in [-0.05, 0) is 74.5 Å². The molecule has 10 heteroatoms. The largest absolute Gasteiger partial charge is 0.466 e. The van der Waals surface area contributed by atoms with E-state index in [2.05, 4.69) is 6.92 Å². The van der Waals surface area contributed by atoms with E-state index in [9.17, 15) is 28.8 Å². The summed E-state index contributed by atoms with van der Waals surface area (Å²) in [6.07, 6.45) is 14.2. The van der Waals surface area contributed by atoms with E-state index < -0.39 is 0 Å². The highest BCUT2D eigenvalue weighted by atomic mass is 16.5. The van der Waals surface area contributed by atoms with Crippen LogP contribution in [0.1, 0.15) is 84.0 Å². The van der Waals surface area contributed by atoms with Crippen molar-refractivity contribution in [3.63, 3.8) is 0 Å². The van der Waals surface area contributed by atoms with Gasteiger partial charge in [-0.15, -0.1) is 0 Å². The molecule has 2 aliphatic carbocycles. The number of amides is 4.